The lowest BCUT2D eigenvalue weighted by molar-refractivity contribution is 0.163. The van der Waals surface area contributed by atoms with Gasteiger partial charge >= 0.3 is 0 Å². The summed E-state index contributed by atoms with van der Waals surface area (Å²) in [5.74, 6) is -0.0519. The van der Waals surface area contributed by atoms with E-state index >= 15 is 0 Å². The van der Waals surface area contributed by atoms with Gasteiger partial charge in [-0.15, -0.1) is 0 Å². The first-order chi connectivity index (χ1) is 8.35. The van der Waals surface area contributed by atoms with E-state index in [2.05, 4.69) is 4.72 Å². The number of aryl methyl sites for hydroxylation is 2. The van der Waals surface area contributed by atoms with E-state index in [9.17, 15) is 8.42 Å². The van der Waals surface area contributed by atoms with Gasteiger partial charge in [-0.3, -0.25) is 4.72 Å². The van der Waals surface area contributed by atoms with E-state index < -0.39 is 10.0 Å². The molecule has 0 saturated heterocycles. The molecule has 0 aliphatic heterocycles. The van der Waals surface area contributed by atoms with Gasteiger partial charge in [-0.05, 0) is 44.0 Å². The molecule has 1 aromatic rings. The van der Waals surface area contributed by atoms with Crippen LogP contribution in [0.5, 0.6) is 0 Å². The lowest BCUT2D eigenvalue weighted by Crippen LogP contribution is -2.20. The fourth-order valence-corrected chi connectivity index (χ4v) is 2.47. The lowest BCUT2D eigenvalue weighted by atomic mass is 10.1. The highest BCUT2D eigenvalue weighted by molar-refractivity contribution is 7.92. The molecular weight excluding hydrogens is 252 g/mol. The second-order valence-corrected chi connectivity index (χ2v) is 5.98. The summed E-state index contributed by atoms with van der Waals surface area (Å²) in [6.07, 6.45) is 0. The van der Waals surface area contributed by atoms with Gasteiger partial charge in [-0.1, -0.05) is 0 Å². The molecule has 5 nitrogen and oxygen atoms in total. The number of sulfonamides is 1. The Labute approximate surface area is 108 Å². The minimum Gasteiger partial charge on any atom is -0.399 e. The molecule has 102 valence electrons. The van der Waals surface area contributed by atoms with Gasteiger partial charge in [0, 0.05) is 12.3 Å². The van der Waals surface area contributed by atoms with Crippen molar-refractivity contribution < 1.29 is 13.2 Å². The largest absolute Gasteiger partial charge is 0.399 e. The number of ether oxygens (including phenoxy) is 1. The molecule has 0 saturated carbocycles. The second kappa shape index (κ2) is 6.06. The van der Waals surface area contributed by atoms with Crippen LogP contribution in [0, 0.1) is 13.8 Å². The van der Waals surface area contributed by atoms with E-state index in [1.807, 2.05) is 20.8 Å². The molecule has 0 unspecified atom stereocenters. The zero-order chi connectivity index (χ0) is 13.8. The van der Waals surface area contributed by atoms with Crippen LogP contribution >= 0.6 is 0 Å². The Kier molecular flexibility index (Phi) is 4.98. The summed E-state index contributed by atoms with van der Waals surface area (Å²) in [4.78, 5) is 0. The smallest absolute Gasteiger partial charge is 0.235 e. The molecule has 0 aromatic heterocycles. The SMILES string of the molecule is CCOCCS(=O)(=O)Nc1cc(C)c(N)cc1C. The van der Waals surface area contributed by atoms with E-state index in [-0.39, 0.29) is 12.4 Å². The van der Waals surface area contributed by atoms with Gasteiger partial charge < -0.3 is 10.5 Å². The Morgan fingerprint density at radius 2 is 1.94 bits per heavy atom. The molecule has 3 N–H and O–H groups in total. The van der Waals surface area contributed by atoms with E-state index in [4.69, 9.17) is 10.5 Å². The van der Waals surface area contributed by atoms with Crippen LogP contribution in [-0.2, 0) is 14.8 Å². The normalized spacial score (nSPS) is 11.5. The molecule has 0 aliphatic carbocycles. The summed E-state index contributed by atoms with van der Waals surface area (Å²) in [6, 6.07) is 3.50. The summed E-state index contributed by atoms with van der Waals surface area (Å²) >= 11 is 0. The van der Waals surface area contributed by atoms with Crippen LogP contribution in [0.2, 0.25) is 0 Å². The summed E-state index contributed by atoms with van der Waals surface area (Å²) in [6.45, 7) is 6.19. The predicted octanol–water partition coefficient (Wildman–Crippen LogP) is 1.66. The third-order valence-electron chi connectivity index (χ3n) is 2.58. The van der Waals surface area contributed by atoms with Gasteiger partial charge in [-0.25, -0.2) is 8.42 Å². The molecule has 1 rings (SSSR count). The van der Waals surface area contributed by atoms with Crippen molar-refractivity contribution in [3.8, 4) is 0 Å². The van der Waals surface area contributed by atoms with Crippen LogP contribution in [0.15, 0.2) is 12.1 Å². The highest BCUT2D eigenvalue weighted by Crippen LogP contribution is 2.22. The maximum atomic E-state index is 11.8. The summed E-state index contributed by atoms with van der Waals surface area (Å²) in [7, 11) is -3.37. The first kappa shape index (κ1) is 14.8. The molecule has 0 radical (unpaired) electrons. The summed E-state index contributed by atoms with van der Waals surface area (Å²) in [5, 5.41) is 0. The molecule has 0 fully saturated rings. The van der Waals surface area contributed by atoms with Crippen LogP contribution in [0.3, 0.4) is 0 Å². The zero-order valence-corrected chi connectivity index (χ0v) is 11.8. The Morgan fingerprint density at radius 1 is 1.28 bits per heavy atom. The molecule has 1 aromatic carbocycles. The quantitative estimate of drug-likeness (QED) is 0.609. The van der Waals surface area contributed by atoms with Crippen molar-refractivity contribution >= 4 is 21.4 Å². The van der Waals surface area contributed by atoms with Crippen molar-refractivity contribution in [1.29, 1.82) is 0 Å². The average molecular weight is 272 g/mol. The monoisotopic (exact) mass is 272 g/mol. The molecule has 0 heterocycles. The highest BCUT2D eigenvalue weighted by Gasteiger charge is 2.12. The summed E-state index contributed by atoms with van der Waals surface area (Å²) < 4.78 is 31.2. The third-order valence-corrected chi connectivity index (χ3v) is 3.81. The van der Waals surface area contributed by atoms with Gasteiger partial charge in [0.2, 0.25) is 10.0 Å². The van der Waals surface area contributed by atoms with E-state index in [0.29, 0.717) is 18.0 Å². The van der Waals surface area contributed by atoms with Crippen molar-refractivity contribution in [3.63, 3.8) is 0 Å². The number of benzene rings is 1. The van der Waals surface area contributed by atoms with Gasteiger partial charge in [0.25, 0.3) is 0 Å². The third kappa shape index (κ3) is 4.19. The number of hydrogen-bond acceptors (Lipinski definition) is 4. The second-order valence-electron chi connectivity index (χ2n) is 4.14. The van der Waals surface area contributed by atoms with Crippen LogP contribution in [0.1, 0.15) is 18.1 Å². The lowest BCUT2D eigenvalue weighted by Gasteiger charge is -2.12. The molecule has 18 heavy (non-hydrogen) atoms. The standard InChI is InChI=1S/C12H20N2O3S/c1-4-17-5-6-18(15,16)14-12-8-9(2)11(13)7-10(12)3/h7-8,14H,4-6,13H2,1-3H3. The average Bonchev–Trinajstić information content (AvgIpc) is 2.26. The first-order valence-corrected chi connectivity index (χ1v) is 7.46. The van der Waals surface area contributed by atoms with Crippen LogP contribution in [-0.4, -0.2) is 27.4 Å². The fraction of sp³-hybridized carbons (Fsp3) is 0.500. The van der Waals surface area contributed by atoms with Crippen molar-refractivity contribution in [3.05, 3.63) is 23.3 Å². The maximum absolute atomic E-state index is 11.8. The Morgan fingerprint density at radius 3 is 2.56 bits per heavy atom. The Hall–Kier alpha value is -1.27. The number of nitrogens with one attached hydrogen (secondary N) is 1. The van der Waals surface area contributed by atoms with Crippen molar-refractivity contribution in [2.24, 2.45) is 0 Å². The van der Waals surface area contributed by atoms with Crippen LogP contribution < -0.4 is 10.5 Å². The molecule has 6 heteroatoms. The molecule has 0 amide bonds. The van der Waals surface area contributed by atoms with E-state index in [1.165, 1.54) is 0 Å². The van der Waals surface area contributed by atoms with Gasteiger partial charge in [-0.2, -0.15) is 0 Å². The topological polar surface area (TPSA) is 81.4 Å². The minimum atomic E-state index is -3.37. The Bertz CT molecular complexity index is 512. The van der Waals surface area contributed by atoms with Gasteiger partial charge in [0.15, 0.2) is 0 Å². The predicted molar refractivity (Wildman–Crippen MR) is 74.2 cm³/mol. The number of nitrogens with two attached hydrogens (primary N) is 1. The number of anilines is 2. The molecule has 0 bridgehead atoms. The molecule has 0 spiro atoms. The Balaban J connectivity index is 2.81. The molecular formula is C12H20N2O3S. The number of nitrogen functional groups attached to an aromatic ring is 1. The highest BCUT2D eigenvalue weighted by atomic mass is 32.2. The van der Waals surface area contributed by atoms with Crippen molar-refractivity contribution in [1.82, 2.24) is 0 Å². The van der Waals surface area contributed by atoms with Crippen molar-refractivity contribution in [2.45, 2.75) is 20.8 Å². The van der Waals surface area contributed by atoms with Gasteiger partial charge in [0.1, 0.15) is 0 Å². The number of rotatable bonds is 6. The van der Waals surface area contributed by atoms with Gasteiger partial charge in [0.05, 0.1) is 18.0 Å². The van der Waals surface area contributed by atoms with E-state index in [1.54, 1.807) is 12.1 Å². The van der Waals surface area contributed by atoms with Crippen LogP contribution in [0.25, 0.3) is 0 Å². The zero-order valence-electron chi connectivity index (χ0n) is 11.0. The fourth-order valence-electron chi connectivity index (χ4n) is 1.48. The van der Waals surface area contributed by atoms with E-state index in [0.717, 1.165) is 11.1 Å². The van der Waals surface area contributed by atoms with Crippen LogP contribution in [0.4, 0.5) is 11.4 Å². The van der Waals surface area contributed by atoms with Crippen molar-refractivity contribution in [2.75, 3.05) is 29.4 Å². The summed E-state index contributed by atoms with van der Waals surface area (Å²) in [5.41, 5.74) is 8.63. The number of hydrogen-bond donors (Lipinski definition) is 2. The molecule has 0 aliphatic rings. The molecule has 0 atom stereocenters. The maximum Gasteiger partial charge on any atom is 0.235 e. The first-order valence-electron chi connectivity index (χ1n) is 5.80. The minimum absolute atomic E-state index is 0.0519.